The molecule has 0 aliphatic carbocycles. The number of hydrogen-bond acceptors (Lipinski definition) is 21. The van der Waals surface area contributed by atoms with Gasteiger partial charge in [0.2, 0.25) is 118 Å². The van der Waals surface area contributed by atoms with Gasteiger partial charge in [0.15, 0.2) is 0 Å². The van der Waals surface area contributed by atoms with Crippen LogP contribution in [0.2, 0.25) is 0 Å². The van der Waals surface area contributed by atoms with Crippen LogP contribution in [0.1, 0.15) is 237 Å². The molecule has 0 aromatic heterocycles. The van der Waals surface area contributed by atoms with Gasteiger partial charge in [-0.3, -0.25) is 95.9 Å². The molecule has 41 heteroatoms. The fourth-order valence-electron chi connectivity index (χ4n) is 12.2. The molecule has 0 spiro atoms. The maximum Gasteiger partial charge on any atom is 0.248 e. The van der Waals surface area contributed by atoms with E-state index in [2.05, 4.69) is 90.4 Å². The van der Waals surface area contributed by atoms with Crippen LogP contribution in [0.4, 0.5) is 0 Å². The highest BCUT2D eigenvalue weighted by molar-refractivity contribution is 6.03. The van der Waals surface area contributed by atoms with Crippen LogP contribution in [0.5, 0.6) is 0 Å². The van der Waals surface area contributed by atoms with Crippen LogP contribution < -0.4 is 102 Å². The average Bonchev–Trinajstić information content (AvgIpc) is 1.54. The van der Waals surface area contributed by atoms with Crippen molar-refractivity contribution in [1.82, 2.24) is 95.3 Å². The molecule has 120 heavy (non-hydrogen) atoms. The predicted molar refractivity (Wildman–Crippen MR) is 441 cm³/mol. The third-order valence-corrected chi connectivity index (χ3v) is 19.7. The molecule has 0 aromatic carbocycles. The number of carbonyl (C=O) groups excluding carboxylic acids is 20. The molecule has 0 aromatic rings. The zero-order chi connectivity index (χ0) is 93.1. The van der Waals surface area contributed by atoms with E-state index in [1.165, 1.54) is 123 Å². The molecule has 10 atom stereocenters. The highest BCUT2D eigenvalue weighted by atomic mass is 16.3. The number of aliphatic hydroxyl groups is 1. The first-order valence-corrected chi connectivity index (χ1v) is 40.5. The standard InChI is InChI=1S/C79H138N20O21/c1-26-79(25,96-62(110)49(30-32-54(81)103)87-59(107)45(11)85-61(109)50(35-41(4)5)88-58(106)44(10)84-55(104)37-82-66(114)73(13,14)92-46(12)101)71(119)91-57(43(8)9)65(113)95-74(15,16)67(115)83-38-56(105)93-76(19,20)69(117)98-78(23,24)72(120)99-33-27-28-52(99)64(112)89-51(36-42(6)7)63(111)94-77(21,22)70(118)97-75(17,18)68(116)90-48(29-31-53(80)102)60(108)86-47(39-100)34-40(2)3/h40-45,47-52,57,100H,26-39H2,1-25H3,(H2,80,102)(H2,81,103)(H,82,114)(H,83,115)(H,84,104)(H,85,109)(H,86,108)(H,87,107)(H,88,106)(H,89,112)(H,90,116)(H,91,119)(H,92,101)(H,93,105)(H,94,111)(H,95,113)(H,96,110)(H,97,118)(H,98,117)/t44-,45-,47-,48-,49-,50-,51-,52-,57+,79-/m1/s1. The number of rotatable bonds is 49. The lowest BCUT2D eigenvalue weighted by molar-refractivity contribution is -0.146. The molecular formula is C79H138N20O21. The number of hydrogen-bond donors (Lipinski definition) is 20. The Kier molecular flexibility index (Phi) is 41.4. The molecule has 0 saturated carbocycles. The van der Waals surface area contributed by atoms with Gasteiger partial charge >= 0.3 is 0 Å². The van der Waals surface area contributed by atoms with Gasteiger partial charge in [-0.15, -0.1) is 0 Å². The predicted octanol–water partition coefficient (Wildman–Crippen LogP) is -3.88. The summed E-state index contributed by atoms with van der Waals surface area (Å²) in [6.07, 6.45) is -0.413. The summed E-state index contributed by atoms with van der Waals surface area (Å²) in [5.41, 5.74) is -1.20. The molecule has 1 rings (SSSR count). The van der Waals surface area contributed by atoms with Gasteiger partial charge in [-0.25, -0.2) is 0 Å². The van der Waals surface area contributed by atoms with E-state index in [4.69, 9.17) is 11.5 Å². The summed E-state index contributed by atoms with van der Waals surface area (Å²) < 4.78 is 0. The summed E-state index contributed by atoms with van der Waals surface area (Å²) in [5, 5.41) is 53.2. The second-order valence-electron chi connectivity index (χ2n) is 35.8. The highest BCUT2D eigenvalue weighted by Crippen LogP contribution is 2.25. The van der Waals surface area contributed by atoms with Crippen LogP contribution in [-0.4, -0.2) is 248 Å². The largest absolute Gasteiger partial charge is 0.394 e. The van der Waals surface area contributed by atoms with Crippen molar-refractivity contribution in [3.05, 3.63) is 0 Å². The van der Waals surface area contributed by atoms with Crippen molar-refractivity contribution in [2.24, 2.45) is 35.1 Å². The minimum atomic E-state index is -1.84. The number of carbonyl (C=O) groups is 20. The molecule has 0 unspecified atom stereocenters. The van der Waals surface area contributed by atoms with Crippen LogP contribution in [0.3, 0.4) is 0 Å². The first kappa shape index (κ1) is 107. The molecule has 1 aliphatic heterocycles. The summed E-state index contributed by atoms with van der Waals surface area (Å²) >= 11 is 0. The number of nitrogens with two attached hydrogens (primary N) is 2. The Hall–Kier alpha value is -10.6. The maximum atomic E-state index is 14.4. The van der Waals surface area contributed by atoms with Gasteiger partial charge in [0.1, 0.15) is 87.1 Å². The smallest absolute Gasteiger partial charge is 0.248 e. The van der Waals surface area contributed by atoms with Crippen molar-refractivity contribution in [3.8, 4) is 0 Å². The molecule has 680 valence electrons. The lowest BCUT2D eigenvalue weighted by Gasteiger charge is -2.36. The normalized spacial score (nSPS) is 15.8. The molecule has 1 aliphatic rings. The van der Waals surface area contributed by atoms with Gasteiger partial charge in [0.05, 0.1) is 25.7 Å². The number of primary amides is 2. The lowest BCUT2D eigenvalue weighted by Crippen LogP contribution is -2.66. The monoisotopic (exact) mass is 1700 g/mol. The Labute approximate surface area is 703 Å². The number of nitrogens with zero attached hydrogens (tertiary/aromatic N) is 1. The molecule has 20 amide bonds. The fraction of sp³-hybridized carbons (Fsp3) is 0.747. The van der Waals surface area contributed by atoms with Gasteiger partial charge in [0, 0.05) is 26.3 Å². The summed E-state index contributed by atoms with van der Waals surface area (Å²) in [6, 6.07) is -11.2. The Morgan fingerprint density at radius 1 is 0.400 bits per heavy atom. The zero-order valence-electron chi connectivity index (χ0n) is 74.6. The summed E-state index contributed by atoms with van der Waals surface area (Å²) in [7, 11) is 0. The zero-order valence-corrected chi connectivity index (χ0v) is 74.6. The first-order chi connectivity index (χ1) is 54.8. The van der Waals surface area contributed by atoms with Crippen molar-refractivity contribution >= 4 is 118 Å². The van der Waals surface area contributed by atoms with E-state index < -0.39 is 250 Å². The van der Waals surface area contributed by atoms with Gasteiger partial charge in [-0.05, 0) is 179 Å². The first-order valence-electron chi connectivity index (χ1n) is 40.5. The van der Waals surface area contributed by atoms with Gasteiger partial charge in [-0.1, -0.05) is 62.3 Å². The fourth-order valence-corrected chi connectivity index (χ4v) is 12.2. The number of aliphatic hydroxyl groups excluding tert-OH is 1. The van der Waals surface area contributed by atoms with E-state index in [0.29, 0.717) is 12.8 Å². The molecule has 22 N–H and O–H groups in total. The molecule has 1 heterocycles. The molecule has 41 nitrogen and oxygen atoms in total. The van der Waals surface area contributed by atoms with E-state index in [1.807, 2.05) is 13.8 Å². The highest BCUT2D eigenvalue weighted by Gasteiger charge is 2.47. The minimum Gasteiger partial charge on any atom is -0.394 e. The van der Waals surface area contributed by atoms with E-state index in [-0.39, 0.29) is 62.8 Å². The van der Waals surface area contributed by atoms with Crippen molar-refractivity contribution in [2.75, 3.05) is 26.2 Å². The number of amides is 20. The van der Waals surface area contributed by atoms with E-state index in [1.54, 1.807) is 41.5 Å². The van der Waals surface area contributed by atoms with Crippen molar-refractivity contribution in [2.45, 2.75) is 330 Å². The minimum absolute atomic E-state index is 0.0519. The third-order valence-electron chi connectivity index (χ3n) is 19.7. The third kappa shape index (κ3) is 35.3. The Morgan fingerprint density at radius 3 is 1.27 bits per heavy atom. The van der Waals surface area contributed by atoms with Crippen LogP contribution in [0.25, 0.3) is 0 Å². The number of likely N-dealkylation sites (tertiary alicyclic amines) is 1. The Bertz CT molecular complexity index is 3740. The summed E-state index contributed by atoms with van der Waals surface area (Å²) in [5.74, 6) is -17.1. The molecule has 1 saturated heterocycles. The van der Waals surface area contributed by atoms with Gasteiger partial charge in [0.25, 0.3) is 0 Å². The van der Waals surface area contributed by atoms with Crippen LogP contribution >= 0.6 is 0 Å². The lowest BCUT2D eigenvalue weighted by atomic mass is 9.93. The average molecular weight is 1700 g/mol. The van der Waals surface area contributed by atoms with E-state index >= 15 is 0 Å². The second kappa shape index (κ2) is 46.2. The molecule has 0 bridgehead atoms. The summed E-state index contributed by atoms with van der Waals surface area (Å²) in [6.45, 7) is 35.3. The quantitative estimate of drug-likeness (QED) is 0.0277. The van der Waals surface area contributed by atoms with Gasteiger partial charge < -0.3 is 112 Å². The number of nitrogens with one attached hydrogen (secondary N) is 17. The second-order valence-corrected chi connectivity index (χ2v) is 35.8. The summed E-state index contributed by atoms with van der Waals surface area (Å²) in [4.78, 5) is 270. The van der Waals surface area contributed by atoms with E-state index in [0.717, 1.165) is 0 Å². The Morgan fingerprint density at radius 2 is 0.808 bits per heavy atom. The van der Waals surface area contributed by atoms with Crippen molar-refractivity contribution < 1.29 is 101 Å². The van der Waals surface area contributed by atoms with Crippen LogP contribution in [-0.2, 0) is 95.9 Å². The van der Waals surface area contributed by atoms with E-state index in [9.17, 15) is 101 Å². The molecule has 0 radical (unpaired) electrons. The van der Waals surface area contributed by atoms with Crippen LogP contribution in [0.15, 0.2) is 0 Å². The van der Waals surface area contributed by atoms with Crippen molar-refractivity contribution in [3.63, 3.8) is 0 Å². The topological polar surface area (TPSA) is 621 Å². The SMILES string of the molecule is CC[C@@](C)(NC(=O)[C@@H](CCC(N)=O)NC(=O)[C@@H](C)NC(=O)[C@@H](CC(C)C)NC(=O)[C@@H](C)NC(=O)CNC(=O)C(C)(C)NC(C)=O)C(=O)N[C@H](C(=O)NC(C)(C)C(=O)NCC(=O)NC(C)(C)C(=O)NC(C)(C)C(=O)N1CCC[C@@H]1C(=O)N[C@H](CC(C)C)C(=O)NC(C)(C)C(=O)NC(C)(C)C(=O)N[C@H](CCC(N)=O)C(=O)N[C@@H](CO)CC(C)C)C(C)C. The molecule has 1 fully saturated rings. The van der Waals surface area contributed by atoms with Crippen molar-refractivity contribution in [1.29, 1.82) is 0 Å². The maximum absolute atomic E-state index is 14.4. The molecular weight excluding hydrogens is 1560 g/mol. The van der Waals surface area contributed by atoms with Crippen LogP contribution in [0, 0.1) is 23.7 Å². The van der Waals surface area contributed by atoms with Gasteiger partial charge in [-0.2, -0.15) is 0 Å². The Balaban J connectivity index is 3.17.